The molecule has 0 bridgehead atoms. The molecular weight excluding hydrogens is 374 g/mol. The van der Waals surface area contributed by atoms with Gasteiger partial charge in [-0.25, -0.2) is 9.18 Å². The van der Waals surface area contributed by atoms with Crippen LogP contribution in [0.5, 0.6) is 0 Å². The van der Waals surface area contributed by atoms with Crippen LogP contribution in [0, 0.1) is 11.2 Å². The van der Waals surface area contributed by atoms with E-state index in [2.05, 4.69) is 0 Å². The fourth-order valence-corrected chi connectivity index (χ4v) is 3.88. The molecule has 0 aromatic heterocycles. The molecule has 2 fully saturated rings. The molecule has 0 spiro atoms. The van der Waals surface area contributed by atoms with Crippen LogP contribution in [0.2, 0.25) is 0 Å². The van der Waals surface area contributed by atoms with Crippen molar-refractivity contribution >= 4 is 24.4 Å². The monoisotopic (exact) mass is 406 g/mol. The lowest BCUT2D eigenvalue weighted by Crippen LogP contribution is -2.59. The molecule has 0 saturated carbocycles. The minimum absolute atomic E-state index is 0.197. The topological polar surface area (TPSA) is 62.2 Å². The van der Waals surface area contributed by atoms with Crippen molar-refractivity contribution in [2.45, 2.75) is 65.7 Å². The number of nitrogens with zero attached hydrogens (tertiary/aromatic N) is 2. The smallest absolute Gasteiger partial charge is 0.465 e. The van der Waals surface area contributed by atoms with Crippen LogP contribution < -0.4 is 10.4 Å². The second-order valence-electron chi connectivity index (χ2n) is 10.1. The highest BCUT2D eigenvalue weighted by Crippen LogP contribution is 2.37. The number of piperazine rings is 1. The molecule has 1 N–H and O–H groups in total. The van der Waals surface area contributed by atoms with Gasteiger partial charge in [0, 0.05) is 25.3 Å². The van der Waals surface area contributed by atoms with Crippen LogP contribution in [-0.4, -0.2) is 60.1 Å². The molecule has 2 aliphatic heterocycles. The zero-order valence-electron chi connectivity index (χ0n) is 18.5. The molecule has 2 aliphatic rings. The third-order valence-electron chi connectivity index (χ3n) is 6.42. The molecule has 3 rings (SSSR count). The van der Waals surface area contributed by atoms with E-state index in [4.69, 9.17) is 9.31 Å². The minimum atomic E-state index is -0.915. The van der Waals surface area contributed by atoms with Crippen LogP contribution >= 0.6 is 0 Å². The predicted octanol–water partition coefficient (Wildman–Crippen LogP) is 3.34. The van der Waals surface area contributed by atoms with E-state index >= 15 is 0 Å². The second-order valence-corrected chi connectivity index (χ2v) is 10.1. The molecule has 1 aromatic carbocycles. The summed E-state index contributed by atoms with van der Waals surface area (Å²) in [5.74, 6) is -0.361. The number of halogens is 1. The van der Waals surface area contributed by atoms with E-state index in [0.717, 1.165) is 0 Å². The maximum atomic E-state index is 14.5. The Bertz CT molecular complexity index is 777. The fraction of sp³-hybridized carbons (Fsp3) is 0.667. The second kappa shape index (κ2) is 7.16. The highest BCUT2D eigenvalue weighted by atomic mass is 19.1. The average molecular weight is 406 g/mol. The predicted molar refractivity (Wildman–Crippen MR) is 112 cm³/mol. The van der Waals surface area contributed by atoms with Crippen molar-refractivity contribution in [3.8, 4) is 0 Å². The summed E-state index contributed by atoms with van der Waals surface area (Å²) in [5.41, 5.74) is 0.0999. The van der Waals surface area contributed by atoms with Crippen molar-refractivity contribution in [2.24, 2.45) is 5.41 Å². The Morgan fingerprint density at radius 3 is 2.24 bits per heavy atom. The van der Waals surface area contributed by atoms with Gasteiger partial charge in [-0.15, -0.1) is 0 Å². The Kier molecular flexibility index (Phi) is 5.41. The first kappa shape index (κ1) is 21.9. The maximum absolute atomic E-state index is 14.5. The number of anilines is 1. The van der Waals surface area contributed by atoms with Crippen LogP contribution in [0.4, 0.5) is 14.9 Å². The third-order valence-corrected chi connectivity index (χ3v) is 6.42. The van der Waals surface area contributed by atoms with Crippen molar-refractivity contribution in [1.29, 1.82) is 0 Å². The van der Waals surface area contributed by atoms with Gasteiger partial charge >= 0.3 is 13.2 Å². The number of carbonyl (C=O) groups is 1. The number of carboxylic acid groups (broad SMARTS) is 1. The lowest BCUT2D eigenvalue weighted by molar-refractivity contribution is 0.00578. The summed E-state index contributed by atoms with van der Waals surface area (Å²) in [5, 5.41) is 9.57. The molecule has 2 saturated heterocycles. The number of hydrogen-bond donors (Lipinski definition) is 1. The first-order valence-corrected chi connectivity index (χ1v) is 10.1. The van der Waals surface area contributed by atoms with Crippen molar-refractivity contribution < 1.29 is 23.6 Å². The van der Waals surface area contributed by atoms with Gasteiger partial charge in [0.1, 0.15) is 5.82 Å². The van der Waals surface area contributed by atoms with Gasteiger partial charge in [-0.05, 0) is 56.8 Å². The highest BCUT2D eigenvalue weighted by molar-refractivity contribution is 6.62. The van der Waals surface area contributed by atoms with Gasteiger partial charge in [0.15, 0.2) is 0 Å². The van der Waals surface area contributed by atoms with Gasteiger partial charge in [0.2, 0.25) is 0 Å². The van der Waals surface area contributed by atoms with Crippen LogP contribution in [0.15, 0.2) is 18.2 Å². The van der Waals surface area contributed by atoms with E-state index in [9.17, 15) is 14.3 Å². The molecule has 160 valence electrons. The fourth-order valence-electron chi connectivity index (χ4n) is 3.88. The van der Waals surface area contributed by atoms with Gasteiger partial charge in [-0.1, -0.05) is 20.8 Å². The summed E-state index contributed by atoms with van der Waals surface area (Å²) in [6, 6.07) is 4.63. The van der Waals surface area contributed by atoms with Crippen molar-refractivity contribution in [3.05, 3.63) is 24.0 Å². The lowest BCUT2D eigenvalue weighted by Gasteiger charge is -2.46. The summed E-state index contributed by atoms with van der Waals surface area (Å²) >= 11 is 0. The summed E-state index contributed by atoms with van der Waals surface area (Å²) < 4.78 is 26.7. The Balaban J connectivity index is 1.88. The van der Waals surface area contributed by atoms with Gasteiger partial charge in [-0.3, -0.25) is 0 Å². The molecule has 6 nitrogen and oxygen atoms in total. The highest BCUT2D eigenvalue weighted by Gasteiger charge is 2.52. The van der Waals surface area contributed by atoms with Gasteiger partial charge < -0.3 is 24.2 Å². The first-order valence-electron chi connectivity index (χ1n) is 10.1. The molecule has 1 atom stereocenters. The average Bonchev–Trinajstić information content (AvgIpc) is 2.80. The van der Waals surface area contributed by atoms with Crippen LogP contribution in [0.25, 0.3) is 0 Å². The quantitative estimate of drug-likeness (QED) is 0.764. The zero-order chi connectivity index (χ0) is 21.8. The van der Waals surface area contributed by atoms with Gasteiger partial charge in [0.25, 0.3) is 0 Å². The molecule has 2 heterocycles. The standard InChI is InChI=1S/C21H32BFN2O4/c1-19(2,3)17-13-24(8-9-25(17)18(26)27)16-11-14(10-15(23)12-16)22-28-20(4,5)21(6,7)29-22/h10-12,17H,8-9,13H2,1-7H3,(H,26,27). The van der Waals surface area contributed by atoms with Gasteiger partial charge in [-0.2, -0.15) is 0 Å². The number of benzene rings is 1. The van der Waals surface area contributed by atoms with Crippen molar-refractivity contribution in [3.63, 3.8) is 0 Å². The Labute approximate surface area is 173 Å². The summed E-state index contributed by atoms with van der Waals surface area (Å²) in [6.07, 6.45) is -0.915. The number of hydrogen-bond acceptors (Lipinski definition) is 4. The molecule has 29 heavy (non-hydrogen) atoms. The molecule has 1 amide bonds. The van der Waals surface area contributed by atoms with Crippen LogP contribution in [0.3, 0.4) is 0 Å². The lowest BCUT2D eigenvalue weighted by atomic mass is 9.78. The Hall–Kier alpha value is -1.80. The zero-order valence-corrected chi connectivity index (χ0v) is 18.5. The molecular formula is C21H32BFN2O4. The summed E-state index contributed by atoms with van der Waals surface area (Å²) in [7, 11) is -0.645. The van der Waals surface area contributed by atoms with Crippen LogP contribution in [0.1, 0.15) is 48.5 Å². The normalized spacial score (nSPS) is 24.1. The summed E-state index contributed by atoms with van der Waals surface area (Å²) in [4.78, 5) is 15.2. The van der Waals surface area contributed by atoms with Crippen molar-refractivity contribution in [2.75, 3.05) is 24.5 Å². The molecule has 8 heteroatoms. The van der Waals surface area contributed by atoms with E-state index in [1.165, 1.54) is 17.0 Å². The largest absolute Gasteiger partial charge is 0.495 e. The molecule has 1 aromatic rings. The van der Waals surface area contributed by atoms with E-state index in [0.29, 0.717) is 30.8 Å². The number of rotatable bonds is 2. The third kappa shape index (κ3) is 4.24. The Morgan fingerprint density at radius 2 is 1.72 bits per heavy atom. The summed E-state index contributed by atoms with van der Waals surface area (Å²) in [6.45, 7) is 15.3. The first-order chi connectivity index (χ1) is 13.2. The van der Waals surface area contributed by atoms with Crippen molar-refractivity contribution in [1.82, 2.24) is 4.90 Å². The van der Waals surface area contributed by atoms with E-state index < -0.39 is 24.4 Å². The molecule has 0 aliphatic carbocycles. The van der Waals surface area contributed by atoms with E-state index in [1.807, 2.05) is 59.4 Å². The maximum Gasteiger partial charge on any atom is 0.495 e. The molecule has 1 unspecified atom stereocenters. The SMILES string of the molecule is CC(C)(C)C1CN(c2cc(F)cc(B3OC(C)(C)C(C)(C)O3)c2)CCN1C(=O)O. The minimum Gasteiger partial charge on any atom is -0.465 e. The van der Waals surface area contributed by atoms with Crippen LogP contribution in [-0.2, 0) is 9.31 Å². The van der Waals surface area contributed by atoms with E-state index in [1.54, 1.807) is 0 Å². The van der Waals surface area contributed by atoms with Gasteiger partial charge in [0.05, 0.1) is 17.2 Å². The van der Waals surface area contributed by atoms with E-state index in [-0.39, 0.29) is 17.3 Å². The molecule has 0 radical (unpaired) electrons. The Morgan fingerprint density at radius 1 is 1.14 bits per heavy atom. The number of amides is 1.